The van der Waals surface area contributed by atoms with Crippen LogP contribution in [-0.4, -0.2) is 16.1 Å². The molecule has 0 unspecified atom stereocenters. The standard InChI is InChI=1S/C15H11FIN3OS/c1-8-2-5-13(22-8)12-7-14(20-19-12)18-15(21)10-6-9(16)3-4-11(10)17/h2-7H,1H3,(H2,18,19,20,21). The van der Waals surface area contributed by atoms with Gasteiger partial charge in [-0.05, 0) is 59.8 Å². The van der Waals surface area contributed by atoms with Gasteiger partial charge in [0, 0.05) is 14.5 Å². The van der Waals surface area contributed by atoms with Crippen LogP contribution in [0.4, 0.5) is 10.2 Å². The molecule has 1 amide bonds. The molecule has 1 aromatic carbocycles. The second-order valence-corrected chi connectivity index (χ2v) is 7.11. The molecule has 112 valence electrons. The third kappa shape index (κ3) is 3.20. The van der Waals surface area contributed by atoms with Gasteiger partial charge >= 0.3 is 0 Å². The second kappa shape index (κ2) is 6.17. The topological polar surface area (TPSA) is 57.8 Å². The van der Waals surface area contributed by atoms with Crippen LogP contribution in [0.15, 0.2) is 36.4 Å². The molecule has 0 fully saturated rings. The van der Waals surface area contributed by atoms with E-state index in [1.54, 1.807) is 23.5 Å². The Hall–Kier alpha value is -1.74. The number of aromatic amines is 1. The minimum Gasteiger partial charge on any atom is -0.305 e. The zero-order chi connectivity index (χ0) is 15.7. The molecule has 0 spiro atoms. The van der Waals surface area contributed by atoms with Gasteiger partial charge in [0.1, 0.15) is 5.82 Å². The highest BCUT2D eigenvalue weighted by molar-refractivity contribution is 14.1. The van der Waals surface area contributed by atoms with Crippen LogP contribution in [0.25, 0.3) is 10.6 Å². The average Bonchev–Trinajstić information content (AvgIpc) is 3.10. The minimum atomic E-state index is -0.442. The molecule has 7 heteroatoms. The summed E-state index contributed by atoms with van der Waals surface area (Å²) < 4.78 is 14.0. The van der Waals surface area contributed by atoms with Crippen molar-refractivity contribution in [2.75, 3.05) is 5.32 Å². The molecule has 0 bridgehead atoms. The summed E-state index contributed by atoms with van der Waals surface area (Å²) in [5, 5.41) is 9.64. The highest BCUT2D eigenvalue weighted by atomic mass is 127. The molecule has 0 atom stereocenters. The number of aryl methyl sites for hydroxylation is 1. The van der Waals surface area contributed by atoms with Crippen molar-refractivity contribution in [3.05, 3.63) is 56.2 Å². The minimum absolute atomic E-state index is 0.289. The van der Waals surface area contributed by atoms with Crippen molar-refractivity contribution >= 4 is 45.7 Å². The number of aromatic nitrogens is 2. The summed E-state index contributed by atoms with van der Waals surface area (Å²) in [6.07, 6.45) is 0. The molecular weight excluding hydrogens is 416 g/mol. The molecule has 3 rings (SSSR count). The number of thiophene rings is 1. The summed E-state index contributed by atoms with van der Waals surface area (Å²) in [7, 11) is 0. The van der Waals surface area contributed by atoms with Crippen LogP contribution in [0.5, 0.6) is 0 Å². The van der Waals surface area contributed by atoms with Crippen molar-refractivity contribution in [1.82, 2.24) is 10.2 Å². The lowest BCUT2D eigenvalue weighted by Crippen LogP contribution is -2.14. The molecular formula is C15H11FIN3OS. The number of rotatable bonds is 3. The van der Waals surface area contributed by atoms with E-state index in [1.807, 2.05) is 41.6 Å². The van der Waals surface area contributed by atoms with Gasteiger partial charge in [0.05, 0.1) is 16.1 Å². The van der Waals surface area contributed by atoms with Gasteiger partial charge in [0.15, 0.2) is 5.82 Å². The maximum atomic E-state index is 13.3. The molecule has 0 radical (unpaired) electrons. The number of halogens is 2. The Labute approximate surface area is 143 Å². The first-order valence-corrected chi connectivity index (χ1v) is 8.31. The molecule has 0 aliphatic heterocycles. The third-order valence-electron chi connectivity index (χ3n) is 3.00. The van der Waals surface area contributed by atoms with Gasteiger partial charge in [-0.25, -0.2) is 4.39 Å². The fraction of sp³-hybridized carbons (Fsp3) is 0.0667. The number of hydrogen-bond acceptors (Lipinski definition) is 3. The van der Waals surface area contributed by atoms with Crippen molar-refractivity contribution in [3.8, 4) is 10.6 Å². The maximum Gasteiger partial charge on any atom is 0.258 e. The molecule has 3 aromatic rings. The Morgan fingerprint density at radius 2 is 2.14 bits per heavy atom. The van der Waals surface area contributed by atoms with Gasteiger partial charge in [-0.1, -0.05) is 0 Å². The van der Waals surface area contributed by atoms with Crippen molar-refractivity contribution < 1.29 is 9.18 Å². The van der Waals surface area contributed by atoms with Gasteiger partial charge < -0.3 is 5.32 Å². The van der Waals surface area contributed by atoms with E-state index in [0.29, 0.717) is 9.39 Å². The third-order valence-corrected chi connectivity index (χ3v) is 4.97. The summed E-state index contributed by atoms with van der Waals surface area (Å²) in [4.78, 5) is 14.4. The summed E-state index contributed by atoms with van der Waals surface area (Å²) in [5.74, 6) is -0.419. The molecule has 0 aliphatic carbocycles. The lowest BCUT2D eigenvalue weighted by molar-refractivity contribution is 0.102. The van der Waals surface area contributed by atoms with Gasteiger partial charge in [0.25, 0.3) is 5.91 Å². The lowest BCUT2D eigenvalue weighted by Gasteiger charge is -2.04. The number of anilines is 1. The van der Waals surface area contributed by atoms with Crippen molar-refractivity contribution in [2.24, 2.45) is 0 Å². The van der Waals surface area contributed by atoms with E-state index in [0.717, 1.165) is 10.6 Å². The van der Waals surface area contributed by atoms with Crippen LogP contribution in [0.3, 0.4) is 0 Å². The van der Waals surface area contributed by atoms with Gasteiger partial charge in [-0.2, -0.15) is 5.10 Å². The van der Waals surface area contributed by atoms with E-state index in [9.17, 15) is 9.18 Å². The summed E-state index contributed by atoms with van der Waals surface area (Å²) in [6.45, 7) is 2.03. The Morgan fingerprint density at radius 1 is 1.32 bits per heavy atom. The summed E-state index contributed by atoms with van der Waals surface area (Å²) in [5.41, 5.74) is 1.12. The smallest absolute Gasteiger partial charge is 0.258 e. The predicted molar refractivity (Wildman–Crippen MR) is 93.7 cm³/mol. The van der Waals surface area contributed by atoms with Gasteiger partial charge in [0.2, 0.25) is 0 Å². The largest absolute Gasteiger partial charge is 0.305 e. The SMILES string of the molecule is Cc1ccc(-c2cc(NC(=O)c3cc(F)ccc3I)n[nH]2)s1. The van der Waals surface area contributed by atoms with Gasteiger partial charge in [-0.3, -0.25) is 9.89 Å². The number of H-pyrrole nitrogens is 1. The normalized spacial score (nSPS) is 10.7. The Morgan fingerprint density at radius 3 is 2.86 bits per heavy atom. The first kappa shape index (κ1) is 15.2. The number of benzene rings is 1. The highest BCUT2D eigenvalue weighted by Crippen LogP contribution is 2.27. The van der Waals surface area contributed by atoms with Crippen LogP contribution >= 0.6 is 33.9 Å². The van der Waals surface area contributed by atoms with E-state index in [-0.39, 0.29) is 11.5 Å². The van der Waals surface area contributed by atoms with Crippen molar-refractivity contribution in [3.63, 3.8) is 0 Å². The molecule has 0 aliphatic rings. The van der Waals surface area contributed by atoms with Crippen LogP contribution in [-0.2, 0) is 0 Å². The summed E-state index contributed by atoms with van der Waals surface area (Å²) in [6, 6.07) is 9.88. The fourth-order valence-electron chi connectivity index (χ4n) is 1.95. The lowest BCUT2D eigenvalue weighted by atomic mass is 10.2. The van der Waals surface area contributed by atoms with E-state index < -0.39 is 5.82 Å². The van der Waals surface area contributed by atoms with Crippen LogP contribution in [0, 0.1) is 16.3 Å². The van der Waals surface area contributed by atoms with Crippen LogP contribution in [0.1, 0.15) is 15.2 Å². The number of carbonyl (C=O) groups is 1. The maximum absolute atomic E-state index is 13.3. The number of hydrogen-bond donors (Lipinski definition) is 2. The molecule has 22 heavy (non-hydrogen) atoms. The monoisotopic (exact) mass is 427 g/mol. The average molecular weight is 427 g/mol. The zero-order valence-electron chi connectivity index (χ0n) is 11.5. The first-order valence-electron chi connectivity index (χ1n) is 6.41. The van der Waals surface area contributed by atoms with Crippen LogP contribution < -0.4 is 5.32 Å². The number of amides is 1. The molecule has 2 aromatic heterocycles. The zero-order valence-corrected chi connectivity index (χ0v) is 14.5. The highest BCUT2D eigenvalue weighted by Gasteiger charge is 2.13. The van der Waals surface area contributed by atoms with E-state index in [2.05, 4.69) is 15.5 Å². The van der Waals surface area contributed by atoms with Crippen LogP contribution in [0.2, 0.25) is 0 Å². The Bertz CT molecular complexity index is 843. The molecule has 0 saturated heterocycles. The van der Waals surface area contributed by atoms with Gasteiger partial charge in [-0.15, -0.1) is 11.3 Å². The summed E-state index contributed by atoms with van der Waals surface area (Å²) >= 11 is 3.64. The van der Waals surface area contributed by atoms with E-state index in [1.165, 1.54) is 17.0 Å². The second-order valence-electron chi connectivity index (χ2n) is 4.66. The number of nitrogens with zero attached hydrogens (tertiary/aromatic N) is 1. The first-order chi connectivity index (χ1) is 10.5. The molecule has 4 nitrogen and oxygen atoms in total. The molecule has 0 saturated carbocycles. The molecule has 2 N–H and O–H groups in total. The number of carbonyl (C=O) groups excluding carboxylic acids is 1. The van der Waals surface area contributed by atoms with Crippen molar-refractivity contribution in [1.29, 1.82) is 0 Å². The predicted octanol–water partition coefficient (Wildman–Crippen LogP) is 4.44. The quantitative estimate of drug-likeness (QED) is 0.608. The fourth-order valence-corrected chi connectivity index (χ4v) is 3.36. The number of nitrogens with one attached hydrogen (secondary N) is 2. The Kier molecular flexibility index (Phi) is 4.25. The van der Waals surface area contributed by atoms with E-state index in [4.69, 9.17) is 0 Å². The molecule has 2 heterocycles. The van der Waals surface area contributed by atoms with E-state index >= 15 is 0 Å². The van der Waals surface area contributed by atoms with Crippen molar-refractivity contribution in [2.45, 2.75) is 6.92 Å². The Balaban J connectivity index is 1.80.